The molecule has 0 bridgehead atoms. The lowest BCUT2D eigenvalue weighted by atomic mass is 9.99. The minimum atomic E-state index is -1.06. The Balaban J connectivity index is 1.43. The minimum Gasteiger partial charge on any atom is -0.460 e. The molecule has 0 aliphatic carbocycles. The van der Waals surface area contributed by atoms with Gasteiger partial charge in [0.25, 0.3) is 11.7 Å². The number of hydrogen-bond acceptors (Lipinski definition) is 9. The second-order valence-electron chi connectivity index (χ2n) is 12.9. The number of alkyl carbamates (subject to hydrolysis) is 1. The van der Waals surface area contributed by atoms with Crippen LogP contribution in [0.3, 0.4) is 0 Å². The van der Waals surface area contributed by atoms with E-state index >= 15 is 0 Å². The van der Waals surface area contributed by atoms with Crippen LogP contribution in [0.1, 0.15) is 77.3 Å². The van der Waals surface area contributed by atoms with Gasteiger partial charge in [0, 0.05) is 24.9 Å². The molecule has 0 radical (unpaired) electrons. The van der Waals surface area contributed by atoms with E-state index in [1.54, 1.807) is 52.0 Å². The van der Waals surface area contributed by atoms with Crippen LogP contribution in [0, 0.1) is 0 Å². The highest BCUT2D eigenvalue weighted by Gasteiger charge is 2.30. The summed E-state index contributed by atoms with van der Waals surface area (Å²) in [7, 11) is 0. The number of esters is 1. The zero-order valence-electron chi connectivity index (χ0n) is 29.0. The van der Waals surface area contributed by atoms with Crippen molar-refractivity contribution >= 4 is 34.6 Å². The smallest absolute Gasteiger partial charge is 0.407 e. The van der Waals surface area contributed by atoms with E-state index in [2.05, 4.69) is 26.1 Å². The summed E-state index contributed by atoms with van der Waals surface area (Å²) in [6, 6.07) is 28.0. The lowest BCUT2D eigenvalue weighted by molar-refractivity contribution is -0.123. The van der Waals surface area contributed by atoms with Crippen LogP contribution in [0.4, 0.5) is 4.79 Å². The SMILES string of the molecule is CCOC(=O)c1noc([C@@H](Cc2ccccc2)NC(=O)[C@@H](Cc2ccc3ccccc3c2)NC(=O)c2ccccc2CNC(=O)OC(C)(C)C)n1. The summed E-state index contributed by atoms with van der Waals surface area (Å²) >= 11 is 0. The van der Waals surface area contributed by atoms with Crippen molar-refractivity contribution in [2.24, 2.45) is 0 Å². The number of carbonyl (C=O) groups excluding carboxylic acids is 4. The zero-order valence-corrected chi connectivity index (χ0v) is 29.0. The Labute approximate surface area is 295 Å². The third-order valence-corrected chi connectivity index (χ3v) is 7.76. The van der Waals surface area contributed by atoms with E-state index in [9.17, 15) is 19.2 Å². The van der Waals surface area contributed by atoms with Gasteiger partial charge in [-0.15, -0.1) is 0 Å². The number of nitrogens with zero attached hydrogens (tertiary/aromatic N) is 2. The average Bonchev–Trinajstić information content (AvgIpc) is 3.61. The van der Waals surface area contributed by atoms with Gasteiger partial charge in [0.2, 0.25) is 11.8 Å². The molecule has 0 saturated heterocycles. The Morgan fingerprint density at radius 3 is 2.25 bits per heavy atom. The quantitative estimate of drug-likeness (QED) is 0.128. The highest BCUT2D eigenvalue weighted by Crippen LogP contribution is 2.21. The topological polar surface area (TPSA) is 162 Å². The fourth-order valence-electron chi connectivity index (χ4n) is 5.40. The minimum absolute atomic E-state index is 0.00426. The molecule has 1 aromatic heterocycles. The summed E-state index contributed by atoms with van der Waals surface area (Å²) in [5.41, 5.74) is 1.80. The first-order chi connectivity index (χ1) is 24.5. The molecule has 0 aliphatic rings. The molecule has 5 aromatic rings. The van der Waals surface area contributed by atoms with Crippen molar-refractivity contribution in [3.05, 3.63) is 131 Å². The molecule has 3 N–H and O–H groups in total. The maximum absolute atomic E-state index is 14.2. The first-order valence-corrected chi connectivity index (χ1v) is 16.7. The number of carbonyl (C=O) groups is 4. The Morgan fingerprint density at radius 1 is 0.804 bits per heavy atom. The number of amides is 3. The molecule has 264 valence electrons. The van der Waals surface area contributed by atoms with Gasteiger partial charge in [0.15, 0.2) is 0 Å². The molecule has 3 amide bonds. The third-order valence-electron chi connectivity index (χ3n) is 7.76. The number of nitrogens with one attached hydrogen (secondary N) is 3. The Hall–Kier alpha value is -6.04. The highest BCUT2D eigenvalue weighted by molar-refractivity contribution is 5.99. The summed E-state index contributed by atoms with van der Waals surface area (Å²) in [6.07, 6.45) is -0.216. The fourth-order valence-corrected chi connectivity index (χ4v) is 5.40. The third kappa shape index (κ3) is 10.2. The van der Waals surface area contributed by atoms with E-state index in [4.69, 9.17) is 14.0 Å². The van der Waals surface area contributed by atoms with Crippen molar-refractivity contribution in [2.75, 3.05) is 6.61 Å². The summed E-state index contributed by atoms with van der Waals surface area (Å²) in [4.78, 5) is 57.1. The van der Waals surface area contributed by atoms with E-state index in [0.29, 0.717) is 5.56 Å². The van der Waals surface area contributed by atoms with Crippen LogP contribution in [0.5, 0.6) is 0 Å². The Kier molecular flexibility index (Phi) is 11.8. The maximum atomic E-state index is 14.2. The molecule has 5 rings (SSSR count). The first-order valence-electron chi connectivity index (χ1n) is 16.7. The molecule has 0 fully saturated rings. The number of ether oxygens (including phenoxy) is 2. The number of hydrogen-bond donors (Lipinski definition) is 3. The molecular formula is C39H41N5O7. The van der Waals surface area contributed by atoms with Crippen molar-refractivity contribution in [1.29, 1.82) is 0 Å². The van der Waals surface area contributed by atoms with Gasteiger partial charge < -0.3 is 29.9 Å². The largest absolute Gasteiger partial charge is 0.460 e. The predicted octanol–water partition coefficient (Wildman–Crippen LogP) is 5.87. The molecule has 0 unspecified atom stereocenters. The van der Waals surface area contributed by atoms with Gasteiger partial charge in [-0.3, -0.25) is 9.59 Å². The Bertz CT molecular complexity index is 1990. The van der Waals surface area contributed by atoms with Crippen LogP contribution in [-0.4, -0.2) is 52.3 Å². The molecule has 0 aliphatic heterocycles. The molecule has 0 spiro atoms. The molecule has 12 heteroatoms. The van der Waals surface area contributed by atoms with Gasteiger partial charge in [-0.25, -0.2) is 9.59 Å². The second-order valence-corrected chi connectivity index (χ2v) is 12.9. The predicted molar refractivity (Wildman–Crippen MR) is 190 cm³/mol. The van der Waals surface area contributed by atoms with Gasteiger partial charge in [-0.1, -0.05) is 91.0 Å². The highest BCUT2D eigenvalue weighted by atomic mass is 16.6. The molecule has 51 heavy (non-hydrogen) atoms. The van der Waals surface area contributed by atoms with Crippen molar-refractivity contribution in [3.63, 3.8) is 0 Å². The van der Waals surface area contributed by atoms with Crippen molar-refractivity contribution in [3.8, 4) is 0 Å². The zero-order chi connectivity index (χ0) is 36.4. The summed E-state index contributed by atoms with van der Waals surface area (Å²) < 4.78 is 15.8. The van der Waals surface area contributed by atoms with Crippen molar-refractivity contribution < 1.29 is 33.2 Å². The standard InChI is InChI=1S/C39H41N5O7/c1-5-49-37(47)33-43-36(51-44-33)32(22-25-13-7-6-8-14-25)42-35(46)31(23-26-19-20-27-15-9-10-16-28(27)21-26)41-34(45)30-18-12-11-17-29(30)24-40-38(48)50-39(2,3)4/h6-21,31-32H,5,22-24H2,1-4H3,(H,40,48)(H,41,45)(H,42,46)/t31-,32-/m1/s1. The second kappa shape index (κ2) is 16.6. The van der Waals surface area contributed by atoms with Gasteiger partial charge >= 0.3 is 12.1 Å². The molecule has 2 atom stereocenters. The molecular weight excluding hydrogens is 650 g/mol. The maximum Gasteiger partial charge on any atom is 0.407 e. The van der Waals surface area contributed by atoms with Gasteiger partial charge in [0.05, 0.1) is 6.61 Å². The van der Waals surface area contributed by atoms with Crippen molar-refractivity contribution in [2.45, 2.75) is 64.8 Å². The summed E-state index contributed by atoms with van der Waals surface area (Å²) in [5, 5.41) is 14.4. The van der Waals surface area contributed by atoms with Gasteiger partial charge in [0.1, 0.15) is 17.7 Å². The number of aromatic nitrogens is 2. The van der Waals surface area contributed by atoms with E-state index in [-0.39, 0.29) is 43.3 Å². The van der Waals surface area contributed by atoms with Gasteiger partial charge in [-0.2, -0.15) is 4.98 Å². The van der Waals surface area contributed by atoms with Crippen LogP contribution in [0.25, 0.3) is 10.8 Å². The summed E-state index contributed by atoms with van der Waals surface area (Å²) in [5.74, 6) is -2.04. The van der Waals surface area contributed by atoms with Crippen LogP contribution in [-0.2, 0) is 33.7 Å². The molecule has 0 saturated carbocycles. The van der Waals surface area contributed by atoms with E-state index in [1.165, 1.54) is 0 Å². The van der Waals surface area contributed by atoms with Crippen LogP contribution < -0.4 is 16.0 Å². The number of fused-ring (bicyclic) bond motifs is 1. The lowest BCUT2D eigenvalue weighted by Crippen LogP contribution is -2.49. The monoisotopic (exact) mass is 691 g/mol. The van der Waals surface area contributed by atoms with Crippen LogP contribution in [0.2, 0.25) is 0 Å². The molecule has 1 heterocycles. The fraction of sp³-hybridized carbons (Fsp3) is 0.282. The van der Waals surface area contributed by atoms with Gasteiger partial charge in [-0.05, 0) is 66.4 Å². The number of rotatable bonds is 13. The molecule has 12 nitrogen and oxygen atoms in total. The number of benzene rings is 4. The average molecular weight is 692 g/mol. The summed E-state index contributed by atoms with van der Waals surface area (Å²) in [6.45, 7) is 7.10. The van der Waals surface area contributed by atoms with E-state index in [0.717, 1.165) is 21.9 Å². The molecule has 4 aromatic carbocycles. The van der Waals surface area contributed by atoms with Crippen molar-refractivity contribution in [1.82, 2.24) is 26.1 Å². The van der Waals surface area contributed by atoms with Crippen LogP contribution in [0.15, 0.2) is 102 Å². The van der Waals surface area contributed by atoms with E-state index < -0.39 is 41.6 Å². The lowest BCUT2D eigenvalue weighted by Gasteiger charge is -2.23. The van der Waals surface area contributed by atoms with E-state index in [1.807, 2.05) is 72.8 Å². The first kappa shape index (κ1) is 36.2. The normalized spacial score (nSPS) is 12.4. The Morgan fingerprint density at radius 2 is 1.51 bits per heavy atom. The van der Waals surface area contributed by atoms with Crippen LogP contribution >= 0.6 is 0 Å².